The topological polar surface area (TPSA) is 76.7 Å². The number of carbonyl (C=O) groups excluding carboxylic acids is 2. The van der Waals surface area contributed by atoms with E-state index < -0.39 is 6.04 Å². The van der Waals surface area contributed by atoms with Crippen molar-refractivity contribution in [2.45, 2.75) is 109 Å². The summed E-state index contributed by atoms with van der Waals surface area (Å²) < 4.78 is 10.5. The molecule has 196 valence electrons. The van der Waals surface area contributed by atoms with E-state index in [1.165, 1.54) is 32.1 Å². The molecule has 7 heteroatoms. The molecule has 2 N–H and O–H groups in total. The van der Waals surface area contributed by atoms with E-state index in [9.17, 15) is 9.59 Å². The molecular weight excluding hydrogens is 436 g/mol. The SMILES string of the molecule is CNCCCCCCOCCCCCC(=O)N[C@H](C(C)=O)C(C)(C)SCCCCCCOC. The number of ether oxygens (including phenoxy) is 2. The Balaban J connectivity index is 3.93. The number of unbranched alkanes of at least 4 members (excludes halogenated alkanes) is 8. The van der Waals surface area contributed by atoms with E-state index in [-0.39, 0.29) is 16.4 Å². The first-order valence-corrected chi connectivity index (χ1v) is 14.0. The minimum atomic E-state index is -0.445. The minimum Gasteiger partial charge on any atom is -0.385 e. The molecule has 0 rings (SSSR count). The fourth-order valence-electron chi connectivity index (χ4n) is 3.75. The fraction of sp³-hybridized carbons (Fsp3) is 0.923. The maximum absolute atomic E-state index is 12.4. The summed E-state index contributed by atoms with van der Waals surface area (Å²) in [4.78, 5) is 24.7. The van der Waals surface area contributed by atoms with E-state index in [2.05, 4.69) is 24.5 Å². The molecule has 0 aliphatic carbocycles. The molecule has 0 bridgehead atoms. The number of amides is 1. The molecule has 6 nitrogen and oxygen atoms in total. The lowest BCUT2D eigenvalue weighted by Gasteiger charge is -2.33. The van der Waals surface area contributed by atoms with Crippen molar-refractivity contribution in [3.05, 3.63) is 0 Å². The second kappa shape index (κ2) is 21.9. The van der Waals surface area contributed by atoms with E-state index in [4.69, 9.17) is 9.47 Å². The lowest BCUT2D eigenvalue weighted by atomic mass is 9.99. The fourth-order valence-corrected chi connectivity index (χ4v) is 5.01. The molecule has 0 saturated heterocycles. The average molecular weight is 489 g/mol. The summed E-state index contributed by atoms with van der Waals surface area (Å²) in [7, 11) is 3.73. The van der Waals surface area contributed by atoms with E-state index in [0.29, 0.717) is 6.42 Å². The van der Waals surface area contributed by atoms with Crippen molar-refractivity contribution >= 4 is 23.5 Å². The van der Waals surface area contributed by atoms with Gasteiger partial charge in [0.15, 0.2) is 5.78 Å². The summed E-state index contributed by atoms with van der Waals surface area (Å²) in [5.41, 5.74) is 0. The highest BCUT2D eigenvalue weighted by Gasteiger charge is 2.34. The minimum absolute atomic E-state index is 0.0223. The summed E-state index contributed by atoms with van der Waals surface area (Å²) in [6.07, 6.45) is 12.6. The molecule has 0 heterocycles. The summed E-state index contributed by atoms with van der Waals surface area (Å²) in [5, 5.41) is 6.17. The Morgan fingerprint density at radius 3 is 2.03 bits per heavy atom. The van der Waals surface area contributed by atoms with Gasteiger partial charge >= 0.3 is 0 Å². The molecule has 1 atom stereocenters. The van der Waals surface area contributed by atoms with E-state index in [0.717, 1.165) is 70.6 Å². The van der Waals surface area contributed by atoms with Gasteiger partial charge in [-0.25, -0.2) is 0 Å². The van der Waals surface area contributed by atoms with Gasteiger partial charge in [-0.1, -0.05) is 32.1 Å². The van der Waals surface area contributed by atoms with Crippen LogP contribution in [0.15, 0.2) is 0 Å². The maximum atomic E-state index is 12.4. The molecule has 0 aliphatic heterocycles. The van der Waals surface area contributed by atoms with Gasteiger partial charge in [-0.3, -0.25) is 9.59 Å². The molecule has 0 aromatic heterocycles. The molecule has 0 radical (unpaired) electrons. The molecule has 0 aromatic carbocycles. The van der Waals surface area contributed by atoms with Gasteiger partial charge in [0.05, 0.1) is 0 Å². The third-order valence-corrected chi connectivity index (χ3v) is 7.25. The lowest BCUT2D eigenvalue weighted by Crippen LogP contribution is -2.51. The van der Waals surface area contributed by atoms with Crippen LogP contribution in [0.3, 0.4) is 0 Å². The van der Waals surface area contributed by atoms with Gasteiger partial charge < -0.3 is 20.1 Å². The van der Waals surface area contributed by atoms with Gasteiger partial charge in [0, 0.05) is 38.1 Å². The number of thioether (sulfide) groups is 1. The van der Waals surface area contributed by atoms with Gasteiger partial charge in [0.2, 0.25) is 5.91 Å². The Labute approximate surface area is 208 Å². The zero-order valence-corrected chi connectivity index (χ0v) is 23.0. The van der Waals surface area contributed by atoms with Crippen LogP contribution in [-0.2, 0) is 19.1 Å². The molecule has 1 amide bonds. The number of hydrogen-bond acceptors (Lipinski definition) is 6. The van der Waals surface area contributed by atoms with Crippen LogP contribution in [-0.4, -0.2) is 68.8 Å². The van der Waals surface area contributed by atoms with Crippen LogP contribution in [0.2, 0.25) is 0 Å². The molecule has 0 fully saturated rings. The van der Waals surface area contributed by atoms with Gasteiger partial charge in [0.1, 0.15) is 6.04 Å². The number of nitrogens with one attached hydrogen (secondary N) is 2. The zero-order valence-electron chi connectivity index (χ0n) is 22.1. The number of Topliss-reactive ketones (excluding diaryl/α,β-unsaturated/α-hetero) is 1. The summed E-state index contributed by atoms with van der Waals surface area (Å²) in [6.45, 7) is 9.22. The Hall–Kier alpha value is -0.630. The summed E-state index contributed by atoms with van der Waals surface area (Å²) in [5.74, 6) is 1.00. The van der Waals surface area contributed by atoms with E-state index >= 15 is 0 Å². The van der Waals surface area contributed by atoms with Crippen molar-refractivity contribution in [3.8, 4) is 0 Å². The highest BCUT2D eigenvalue weighted by molar-refractivity contribution is 8.00. The highest BCUT2D eigenvalue weighted by atomic mass is 32.2. The van der Waals surface area contributed by atoms with E-state index in [1.54, 1.807) is 25.8 Å². The average Bonchev–Trinajstić information content (AvgIpc) is 2.77. The first kappa shape index (κ1) is 32.4. The van der Waals surface area contributed by atoms with Crippen molar-refractivity contribution in [2.24, 2.45) is 0 Å². The second-order valence-electron chi connectivity index (χ2n) is 9.41. The van der Waals surface area contributed by atoms with Crippen molar-refractivity contribution in [1.29, 1.82) is 0 Å². The van der Waals surface area contributed by atoms with Crippen molar-refractivity contribution < 1.29 is 19.1 Å². The quantitative estimate of drug-likeness (QED) is 0.183. The van der Waals surface area contributed by atoms with E-state index in [1.807, 2.05) is 7.05 Å². The third kappa shape index (κ3) is 19.4. The largest absolute Gasteiger partial charge is 0.385 e. The number of hydrogen-bond donors (Lipinski definition) is 2. The first-order chi connectivity index (χ1) is 15.8. The van der Waals surface area contributed by atoms with Gasteiger partial charge in [-0.2, -0.15) is 11.8 Å². The first-order valence-electron chi connectivity index (χ1n) is 13.0. The lowest BCUT2D eigenvalue weighted by molar-refractivity contribution is -0.127. The zero-order chi connectivity index (χ0) is 24.8. The number of rotatable bonds is 24. The molecule has 0 aromatic rings. The normalized spacial score (nSPS) is 12.6. The smallest absolute Gasteiger partial charge is 0.220 e. The molecule has 0 unspecified atom stereocenters. The standard InChI is InChI=1S/C26H52N2O4S/c1-23(29)25(26(2,3)33-22-16-9-8-13-19-31-5)28-24(30)17-11-10-15-21-32-20-14-7-6-12-18-27-4/h25,27H,6-22H2,1-5H3,(H,28,30)/t25-/m1/s1. The monoisotopic (exact) mass is 488 g/mol. The summed E-state index contributed by atoms with van der Waals surface area (Å²) in [6, 6.07) is -0.445. The molecule has 0 saturated carbocycles. The van der Waals surface area contributed by atoms with Gasteiger partial charge in [-0.05, 0) is 78.6 Å². The Bertz CT molecular complexity index is 489. The predicted molar refractivity (Wildman–Crippen MR) is 141 cm³/mol. The number of methoxy groups -OCH3 is 1. The van der Waals surface area contributed by atoms with Crippen LogP contribution in [0.1, 0.15) is 97.8 Å². The predicted octanol–water partition coefficient (Wildman–Crippen LogP) is 5.14. The van der Waals surface area contributed by atoms with Crippen molar-refractivity contribution in [3.63, 3.8) is 0 Å². The van der Waals surface area contributed by atoms with Crippen LogP contribution in [0.5, 0.6) is 0 Å². The van der Waals surface area contributed by atoms with Crippen molar-refractivity contribution in [1.82, 2.24) is 10.6 Å². The van der Waals surface area contributed by atoms with Crippen LogP contribution in [0, 0.1) is 0 Å². The van der Waals surface area contributed by atoms with Gasteiger partial charge in [0.25, 0.3) is 0 Å². The Morgan fingerprint density at radius 2 is 1.42 bits per heavy atom. The Morgan fingerprint density at radius 1 is 0.848 bits per heavy atom. The van der Waals surface area contributed by atoms with Crippen LogP contribution < -0.4 is 10.6 Å². The molecule has 0 aliphatic rings. The molecular formula is C26H52N2O4S. The van der Waals surface area contributed by atoms with Crippen LogP contribution in [0.25, 0.3) is 0 Å². The van der Waals surface area contributed by atoms with Gasteiger partial charge in [-0.15, -0.1) is 0 Å². The summed E-state index contributed by atoms with van der Waals surface area (Å²) >= 11 is 1.78. The van der Waals surface area contributed by atoms with Crippen LogP contribution in [0.4, 0.5) is 0 Å². The third-order valence-electron chi connectivity index (χ3n) is 5.78. The number of ketones is 1. The van der Waals surface area contributed by atoms with Crippen molar-refractivity contribution in [2.75, 3.05) is 46.3 Å². The number of carbonyl (C=O) groups is 2. The molecule has 0 spiro atoms. The second-order valence-corrected chi connectivity index (χ2v) is 11.2. The van der Waals surface area contributed by atoms with Crippen LogP contribution >= 0.6 is 11.8 Å². The maximum Gasteiger partial charge on any atom is 0.220 e. The molecule has 33 heavy (non-hydrogen) atoms. The highest BCUT2D eigenvalue weighted by Crippen LogP contribution is 2.30. The Kier molecular flexibility index (Phi) is 21.5.